The van der Waals surface area contributed by atoms with E-state index in [1.165, 1.54) is 6.07 Å². The second kappa shape index (κ2) is 10.4. The highest BCUT2D eigenvalue weighted by Gasteiger charge is 2.23. The molecule has 1 atom stereocenters. The molecule has 25 heavy (non-hydrogen) atoms. The van der Waals surface area contributed by atoms with Crippen molar-refractivity contribution in [2.24, 2.45) is 10.9 Å². The zero-order valence-electron chi connectivity index (χ0n) is 15.6. The SMILES string of the molecule is CN=C(NCCc1ccccc1F)NCC(C(C)C)N1CCOCC1. The number of rotatable bonds is 7. The zero-order chi connectivity index (χ0) is 18.1. The van der Waals surface area contributed by atoms with Crippen molar-refractivity contribution in [3.63, 3.8) is 0 Å². The van der Waals surface area contributed by atoms with E-state index in [2.05, 4.69) is 34.4 Å². The Morgan fingerprint density at radius 2 is 1.96 bits per heavy atom. The van der Waals surface area contributed by atoms with E-state index in [9.17, 15) is 4.39 Å². The second-order valence-electron chi connectivity index (χ2n) is 6.68. The number of hydrogen-bond donors (Lipinski definition) is 2. The summed E-state index contributed by atoms with van der Waals surface area (Å²) in [5.74, 6) is 1.15. The Hall–Kier alpha value is -1.66. The monoisotopic (exact) mass is 350 g/mol. The molecule has 5 nitrogen and oxygen atoms in total. The molecule has 1 unspecified atom stereocenters. The smallest absolute Gasteiger partial charge is 0.191 e. The third-order valence-corrected chi connectivity index (χ3v) is 4.63. The number of aliphatic imine (C=N–C) groups is 1. The Labute approximate surface area is 150 Å². The van der Waals surface area contributed by atoms with Crippen LogP contribution in [0.25, 0.3) is 0 Å². The molecule has 6 heteroatoms. The van der Waals surface area contributed by atoms with Crippen molar-refractivity contribution in [3.8, 4) is 0 Å². The topological polar surface area (TPSA) is 48.9 Å². The first-order valence-corrected chi connectivity index (χ1v) is 9.11. The minimum absolute atomic E-state index is 0.153. The van der Waals surface area contributed by atoms with Gasteiger partial charge in [0.05, 0.1) is 13.2 Å². The second-order valence-corrected chi connectivity index (χ2v) is 6.68. The van der Waals surface area contributed by atoms with Crippen LogP contribution in [0.5, 0.6) is 0 Å². The van der Waals surface area contributed by atoms with Crippen LogP contribution in [0.3, 0.4) is 0 Å². The molecule has 2 N–H and O–H groups in total. The number of nitrogens with one attached hydrogen (secondary N) is 2. The Balaban J connectivity index is 1.79. The van der Waals surface area contributed by atoms with Gasteiger partial charge in [0, 0.05) is 39.3 Å². The molecule has 1 aliphatic rings. The first-order valence-electron chi connectivity index (χ1n) is 9.11. The van der Waals surface area contributed by atoms with Crippen LogP contribution in [0, 0.1) is 11.7 Å². The van der Waals surface area contributed by atoms with Gasteiger partial charge in [0.15, 0.2) is 5.96 Å². The van der Waals surface area contributed by atoms with Crippen LogP contribution in [-0.4, -0.2) is 63.3 Å². The van der Waals surface area contributed by atoms with Gasteiger partial charge in [-0.1, -0.05) is 32.0 Å². The van der Waals surface area contributed by atoms with E-state index in [1.54, 1.807) is 13.1 Å². The molecule has 0 bridgehead atoms. The van der Waals surface area contributed by atoms with E-state index in [0.717, 1.165) is 44.4 Å². The van der Waals surface area contributed by atoms with Gasteiger partial charge < -0.3 is 15.4 Å². The van der Waals surface area contributed by atoms with Crippen molar-refractivity contribution >= 4 is 5.96 Å². The minimum Gasteiger partial charge on any atom is -0.379 e. The maximum absolute atomic E-state index is 13.7. The quantitative estimate of drug-likeness (QED) is 0.582. The lowest BCUT2D eigenvalue weighted by Crippen LogP contribution is -2.52. The van der Waals surface area contributed by atoms with Crippen molar-refractivity contribution in [2.45, 2.75) is 26.3 Å². The summed E-state index contributed by atoms with van der Waals surface area (Å²) in [5.41, 5.74) is 0.721. The van der Waals surface area contributed by atoms with Crippen molar-refractivity contribution in [2.75, 3.05) is 46.4 Å². The summed E-state index contributed by atoms with van der Waals surface area (Å²) < 4.78 is 19.1. The highest BCUT2D eigenvalue weighted by Crippen LogP contribution is 2.12. The van der Waals surface area contributed by atoms with Gasteiger partial charge >= 0.3 is 0 Å². The maximum Gasteiger partial charge on any atom is 0.191 e. The predicted molar refractivity (Wildman–Crippen MR) is 100 cm³/mol. The average molecular weight is 350 g/mol. The summed E-state index contributed by atoms with van der Waals surface area (Å²) in [6, 6.07) is 7.33. The number of morpholine rings is 1. The van der Waals surface area contributed by atoms with E-state index in [1.807, 2.05) is 12.1 Å². The van der Waals surface area contributed by atoms with Gasteiger partial charge in [0.25, 0.3) is 0 Å². The molecule has 0 spiro atoms. The van der Waals surface area contributed by atoms with E-state index in [0.29, 0.717) is 24.9 Å². The lowest BCUT2D eigenvalue weighted by molar-refractivity contribution is 0.00752. The van der Waals surface area contributed by atoms with Crippen molar-refractivity contribution in [1.29, 1.82) is 0 Å². The molecule has 0 radical (unpaired) electrons. The fourth-order valence-corrected chi connectivity index (χ4v) is 3.13. The number of ether oxygens (including phenoxy) is 1. The summed E-state index contributed by atoms with van der Waals surface area (Å²) in [6.45, 7) is 9.53. The molecule has 1 aliphatic heterocycles. The maximum atomic E-state index is 13.7. The number of benzene rings is 1. The Morgan fingerprint density at radius 1 is 1.24 bits per heavy atom. The molecule has 1 fully saturated rings. The number of guanidine groups is 1. The van der Waals surface area contributed by atoms with Gasteiger partial charge in [-0.2, -0.15) is 0 Å². The normalized spacial score (nSPS) is 17.6. The molecule has 1 aromatic carbocycles. The number of hydrogen-bond acceptors (Lipinski definition) is 3. The van der Waals surface area contributed by atoms with Crippen LogP contribution >= 0.6 is 0 Å². The fraction of sp³-hybridized carbons (Fsp3) is 0.632. The van der Waals surface area contributed by atoms with Crippen LogP contribution < -0.4 is 10.6 Å². The first-order chi connectivity index (χ1) is 12.1. The Bertz CT molecular complexity index is 544. The molecule has 0 saturated carbocycles. The van der Waals surface area contributed by atoms with Gasteiger partial charge in [-0.3, -0.25) is 9.89 Å². The predicted octanol–water partition coefficient (Wildman–Crippen LogP) is 1.89. The van der Waals surface area contributed by atoms with Crippen LogP contribution in [0.4, 0.5) is 4.39 Å². The molecule has 0 amide bonds. The lowest BCUT2D eigenvalue weighted by Gasteiger charge is -2.37. The Kier molecular flexibility index (Phi) is 8.15. The summed E-state index contributed by atoms with van der Waals surface area (Å²) in [7, 11) is 1.76. The summed E-state index contributed by atoms with van der Waals surface area (Å²) in [4.78, 5) is 6.76. The number of nitrogens with zero attached hydrogens (tertiary/aromatic N) is 2. The Morgan fingerprint density at radius 3 is 2.60 bits per heavy atom. The van der Waals surface area contributed by atoms with E-state index < -0.39 is 0 Å². The number of halogens is 1. The molecular formula is C19H31FN4O. The summed E-state index contributed by atoms with van der Waals surface area (Å²) in [5, 5.41) is 6.68. The average Bonchev–Trinajstić information content (AvgIpc) is 2.62. The van der Waals surface area contributed by atoms with Gasteiger partial charge in [-0.05, 0) is 24.0 Å². The molecule has 1 heterocycles. The van der Waals surface area contributed by atoms with Crippen molar-refractivity contribution in [3.05, 3.63) is 35.6 Å². The molecule has 0 aliphatic carbocycles. The molecule has 1 saturated heterocycles. The third-order valence-electron chi connectivity index (χ3n) is 4.63. The highest BCUT2D eigenvalue weighted by atomic mass is 19.1. The fourth-order valence-electron chi connectivity index (χ4n) is 3.13. The van der Waals surface area contributed by atoms with Crippen molar-refractivity contribution in [1.82, 2.24) is 15.5 Å². The first kappa shape index (κ1) is 19.7. The third kappa shape index (κ3) is 6.29. The van der Waals surface area contributed by atoms with Gasteiger partial charge in [0.1, 0.15) is 5.82 Å². The summed E-state index contributed by atoms with van der Waals surface area (Å²) in [6.07, 6.45) is 0.629. The molecule has 1 aromatic rings. The van der Waals surface area contributed by atoms with E-state index in [4.69, 9.17) is 4.74 Å². The standard InChI is InChI=1S/C19H31FN4O/c1-15(2)18(24-10-12-25-13-11-24)14-23-19(21-3)22-9-8-16-6-4-5-7-17(16)20/h4-7,15,18H,8-14H2,1-3H3,(H2,21,22,23). The van der Waals surface area contributed by atoms with Gasteiger partial charge in [0.2, 0.25) is 0 Å². The van der Waals surface area contributed by atoms with E-state index >= 15 is 0 Å². The zero-order valence-corrected chi connectivity index (χ0v) is 15.6. The largest absolute Gasteiger partial charge is 0.379 e. The lowest BCUT2D eigenvalue weighted by atomic mass is 10.0. The van der Waals surface area contributed by atoms with Crippen LogP contribution in [-0.2, 0) is 11.2 Å². The van der Waals surface area contributed by atoms with Gasteiger partial charge in [-0.25, -0.2) is 4.39 Å². The van der Waals surface area contributed by atoms with Crippen LogP contribution in [0.1, 0.15) is 19.4 Å². The molecule has 2 rings (SSSR count). The van der Waals surface area contributed by atoms with Crippen molar-refractivity contribution < 1.29 is 9.13 Å². The van der Waals surface area contributed by atoms with Gasteiger partial charge in [-0.15, -0.1) is 0 Å². The van der Waals surface area contributed by atoms with Crippen LogP contribution in [0.2, 0.25) is 0 Å². The molecular weight excluding hydrogens is 319 g/mol. The molecule has 140 valence electrons. The highest BCUT2D eigenvalue weighted by molar-refractivity contribution is 5.79. The van der Waals surface area contributed by atoms with Crippen LogP contribution in [0.15, 0.2) is 29.3 Å². The van der Waals surface area contributed by atoms with E-state index in [-0.39, 0.29) is 5.82 Å². The summed E-state index contributed by atoms with van der Waals surface area (Å²) >= 11 is 0. The minimum atomic E-state index is -0.153. The molecule has 0 aromatic heterocycles.